The van der Waals surface area contributed by atoms with Gasteiger partial charge in [-0.2, -0.15) is 9.97 Å². The first-order chi connectivity index (χ1) is 9.19. The van der Waals surface area contributed by atoms with Crippen molar-refractivity contribution in [1.82, 2.24) is 9.97 Å². The number of nitrogens with two attached hydrogens (primary N) is 1. The second kappa shape index (κ2) is 8.53. The van der Waals surface area contributed by atoms with Crippen LogP contribution in [0.1, 0.15) is 33.1 Å². The molecule has 1 unspecified atom stereocenters. The molecule has 0 fully saturated rings. The second-order valence-corrected chi connectivity index (χ2v) is 4.59. The van der Waals surface area contributed by atoms with E-state index in [1.165, 1.54) is 0 Å². The van der Waals surface area contributed by atoms with E-state index in [0.29, 0.717) is 5.92 Å². The van der Waals surface area contributed by atoms with Gasteiger partial charge in [-0.3, -0.25) is 0 Å². The lowest BCUT2D eigenvalue weighted by Gasteiger charge is -2.15. The molecule has 0 saturated carbocycles. The second-order valence-electron chi connectivity index (χ2n) is 4.59. The van der Waals surface area contributed by atoms with E-state index in [2.05, 4.69) is 34.4 Å². The molecular weight excluding hydrogens is 242 g/mol. The van der Waals surface area contributed by atoms with Gasteiger partial charge in [0.1, 0.15) is 11.6 Å². The maximum atomic E-state index is 8.97. The van der Waals surface area contributed by atoms with Crippen molar-refractivity contribution in [3.8, 4) is 0 Å². The maximum absolute atomic E-state index is 8.97. The molecule has 1 heterocycles. The summed E-state index contributed by atoms with van der Waals surface area (Å²) in [6.45, 7) is 6.07. The number of hydrogen-bond donors (Lipinski definition) is 4. The molecule has 5 N–H and O–H groups in total. The highest BCUT2D eigenvalue weighted by Crippen LogP contribution is 2.14. The Labute approximate surface area is 114 Å². The Morgan fingerprint density at radius 2 is 1.95 bits per heavy atom. The molecule has 0 spiro atoms. The van der Waals surface area contributed by atoms with Gasteiger partial charge in [0.25, 0.3) is 0 Å². The summed E-state index contributed by atoms with van der Waals surface area (Å²) >= 11 is 0. The number of hydrogen-bond acceptors (Lipinski definition) is 6. The molecule has 0 saturated heterocycles. The van der Waals surface area contributed by atoms with Crippen molar-refractivity contribution in [2.75, 3.05) is 36.1 Å². The number of aliphatic hydroxyl groups excluding tert-OH is 1. The maximum Gasteiger partial charge on any atom is 0.223 e. The molecule has 1 aromatic heterocycles. The number of nitrogens with zero attached hydrogens (tertiary/aromatic N) is 2. The Bertz CT molecular complexity index is 372. The molecule has 0 aromatic carbocycles. The topological polar surface area (TPSA) is 96.1 Å². The van der Waals surface area contributed by atoms with Crippen molar-refractivity contribution < 1.29 is 5.11 Å². The lowest BCUT2D eigenvalue weighted by molar-refractivity contribution is 0.258. The molecule has 0 bridgehead atoms. The van der Waals surface area contributed by atoms with Crippen molar-refractivity contribution in [2.24, 2.45) is 5.92 Å². The van der Waals surface area contributed by atoms with Gasteiger partial charge >= 0.3 is 0 Å². The van der Waals surface area contributed by atoms with Crippen LogP contribution in [-0.2, 0) is 0 Å². The molecule has 1 rings (SSSR count). The Hall–Kier alpha value is -1.56. The monoisotopic (exact) mass is 267 g/mol. The SMILES string of the molecule is CCCNc1cc(NCC(CC)CCO)nc(N)n1. The van der Waals surface area contributed by atoms with Crippen molar-refractivity contribution in [3.63, 3.8) is 0 Å². The van der Waals surface area contributed by atoms with E-state index in [-0.39, 0.29) is 12.6 Å². The lowest BCUT2D eigenvalue weighted by atomic mass is 10.0. The Kier molecular flexibility index (Phi) is 6.95. The van der Waals surface area contributed by atoms with Crippen LogP contribution < -0.4 is 16.4 Å². The molecule has 0 aliphatic rings. The summed E-state index contributed by atoms with van der Waals surface area (Å²) in [5, 5.41) is 15.4. The van der Waals surface area contributed by atoms with E-state index in [1.54, 1.807) is 0 Å². The van der Waals surface area contributed by atoms with E-state index < -0.39 is 0 Å². The Morgan fingerprint density at radius 1 is 1.26 bits per heavy atom. The van der Waals surface area contributed by atoms with E-state index in [1.807, 2.05) is 6.07 Å². The third kappa shape index (κ3) is 5.74. The summed E-state index contributed by atoms with van der Waals surface area (Å²) in [4.78, 5) is 8.29. The van der Waals surface area contributed by atoms with Gasteiger partial charge in [-0.1, -0.05) is 20.3 Å². The number of aromatic nitrogens is 2. The molecule has 6 heteroatoms. The fraction of sp³-hybridized carbons (Fsp3) is 0.692. The third-order valence-corrected chi connectivity index (χ3v) is 2.99. The normalized spacial score (nSPS) is 12.2. The highest BCUT2D eigenvalue weighted by Gasteiger charge is 2.07. The van der Waals surface area contributed by atoms with E-state index in [9.17, 15) is 0 Å². The zero-order valence-corrected chi connectivity index (χ0v) is 11.8. The van der Waals surface area contributed by atoms with Gasteiger partial charge in [0, 0.05) is 25.8 Å². The summed E-state index contributed by atoms with van der Waals surface area (Å²) in [7, 11) is 0. The minimum Gasteiger partial charge on any atom is -0.396 e. The van der Waals surface area contributed by atoms with Gasteiger partial charge in [-0.25, -0.2) is 0 Å². The number of anilines is 3. The minimum atomic E-state index is 0.218. The van der Waals surface area contributed by atoms with Crippen LogP contribution >= 0.6 is 0 Å². The molecule has 1 atom stereocenters. The summed E-state index contributed by atoms with van der Waals surface area (Å²) in [6, 6.07) is 1.86. The molecule has 1 aromatic rings. The molecule has 0 radical (unpaired) electrons. The van der Waals surface area contributed by atoms with Gasteiger partial charge in [-0.05, 0) is 18.8 Å². The van der Waals surface area contributed by atoms with Gasteiger partial charge in [0.15, 0.2) is 0 Å². The van der Waals surface area contributed by atoms with Gasteiger partial charge in [0.05, 0.1) is 0 Å². The largest absolute Gasteiger partial charge is 0.396 e. The molecule has 0 aliphatic heterocycles. The van der Waals surface area contributed by atoms with E-state index in [0.717, 1.165) is 44.0 Å². The van der Waals surface area contributed by atoms with Crippen molar-refractivity contribution in [2.45, 2.75) is 33.1 Å². The van der Waals surface area contributed by atoms with Gasteiger partial charge < -0.3 is 21.5 Å². The van der Waals surface area contributed by atoms with E-state index >= 15 is 0 Å². The first kappa shape index (κ1) is 15.5. The molecule has 6 nitrogen and oxygen atoms in total. The van der Waals surface area contributed by atoms with Gasteiger partial charge in [-0.15, -0.1) is 0 Å². The number of nitrogens with one attached hydrogen (secondary N) is 2. The minimum absolute atomic E-state index is 0.218. The van der Waals surface area contributed by atoms with Crippen LogP contribution in [0.25, 0.3) is 0 Å². The standard InChI is InChI=1S/C13H25N5O/c1-3-6-15-11-8-12(18-13(14)17-11)16-9-10(4-2)5-7-19/h8,10,19H,3-7,9H2,1-2H3,(H4,14,15,16,17,18). The third-order valence-electron chi connectivity index (χ3n) is 2.99. The highest BCUT2D eigenvalue weighted by atomic mass is 16.3. The van der Waals surface area contributed by atoms with Crippen molar-refractivity contribution in [1.29, 1.82) is 0 Å². The zero-order chi connectivity index (χ0) is 14.1. The van der Waals surface area contributed by atoms with Crippen LogP contribution in [0.5, 0.6) is 0 Å². The van der Waals surface area contributed by atoms with Crippen LogP contribution in [0.3, 0.4) is 0 Å². The fourth-order valence-electron chi connectivity index (χ4n) is 1.78. The quantitative estimate of drug-likeness (QED) is 0.544. The number of aliphatic hydroxyl groups is 1. The van der Waals surface area contributed by atoms with Crippen molar-refractivity contribution in [3.05, 3.63) is 6.07 Å². The summed E-state index contributed by atoms with van der Waals surface area (Å²) in [5.41, 5.74) is 5.69. The van der Waals surface area contributed by atoms with Crippen LogP contribution in [0.2, 0.25) is 0 Å². The molecular formula is C13H25N5O. The van der Waals surface area contributed by atoms with Crippen LogP contribution in [0.4, 0.5) is 17.6 Å². The predicted octanol–water partition coefficient (Wildman–Crippen LogP) is 1.70. The smallest absolute Gasteiger partial charge is 0.223 e. The summed E-state index contributed by atoms with van der Waals surface area (Å²) in [5.74, 6) is 2.17. The van der Waals surface area contributed by atoms with Gasteiger partial charge in [0.2, 0.25) is 5.95 Å². The fourth-order valence-corrected chi connectivity index (χ4v) is 1.78. The average Bonchev–Trinajstić information content (AvgIpc) is 2.40. The zero-order valence-electron chi connectivity index (χ0n) is 11.8. The predicted molar refractivity (Wildman–Crippen MR) is 79.2 cm³/mol. The first-order valence-electron chi connectivity index (χ1n) is 6.92. The molecule has 0 aliphatic carbocycles. The average molecular weight is 267 g/mol. The molecule has 0 amide bonds. The number of rotatable bonds is 9. The highest BCUT2D eigenvalue weighted by molar-refractivity contribution is 5.50. The van der Waals surface area contributed by atoms with E-state index in [4.69, 9.17) is 10.8 Å². The summed E-state index contributed by atoms with van der Waals surface area (Å²) < 4.78 is 0. The summed E-state index contributed by atoms with van der Waals surface area (Å²) in [6.07, 6.45) is 2.85. The Morgan fingerprint density at radius 3 is 2.53 bits per heavy atom. The van der Waals surface area contributed by atoms with Crippen molar-refractivity contribution >= 4 is 17.6 Å². The molecule has 19 heavy (non-hydrogen) atoms. The first-order valence-corrected chi connectivity index (χ1v) is 6.92. The Balaban J connectivity index is 2.59. The van der Waals surface area contributed by atoms with Crippen LogP contribution in [-0.4, -0.2) is 34.8 Å². The van der Waals surface area contributed by atoms with Crippen LogP contribution in [0.15, 0.2) is 6.07 Å². The number of nitrogen functional groups attached to an aromatic ring is 1. The lowest BCUT2D eigenvalue weighted by Crippen LogP contribution is -2.16. The molecule has 108 valence electrons. The van der Waals surface area contributed by atoms with Crippen LogP contribution in [0, 0.1) is 5.92 Å².